The van der Waals surface area contributed by atoms with Crippen LogP contribution < -0.4 is 10.2 Å². The standard InChI is InChI=1S/C14H17N3O2/c1-15-11-4-5-12-10(8-11)6-7-16-14(12)17(2)9-13(18)19-3/h4-8,15H,9H2,1-3H3. The molecule has 0 saturated heterocycles. The van der Waals surface area contributed by atoms with Crippen LogP contribution in [0.4, 0.5) is 11.5 Å². The quantitative estimate of drug-likeness (QED) is 0.850. The van der Waals surface area contributed by atoms with E-state index in [9.17, 15) is 4.79 Å². The number of fused-ring (bicyclic) bond motifs is 1. The summed E-state index contributed by atoms with van der Waals surface area (Å²) in [7, 11) is 5.09. The van der Waals surface area contributed by atoms with Crippen molar-refractivity contribution in [2.75, 3.05) is 38.0 Å². The van der Waals surface area contributed by atoms with E-state index in [0.29, 0.717) is 0 Å². The molecular formula is C14H17N3O2. The summed E-state index contributed by atoms with van der Waals surface area (Å²) in [4.78, 5) is 17.5. The number of hydrogen-bond acceptors (Lipinski definition) is 5. The Labute approximate surface area is 112 Å². The highest BCUT2D eigenvalue weighted by atomic mass is 16.5. The third kappa shape index (κ3) is 2.76. The predicted octanol–water partition coefficient (Wildman–Crippen LogP) is 1.89. The number of aromatic nitrogens is 1. The van der Waals surface area contributed by atoms with Gasteiger partial charge in [0, 0.05) is 31.4 Å². The number of methoxy groups -OCH3 is 1. The maximum absolute atomic E-state index is 11.3. The number of carbonyl (C=O) groups is 1. The maximum atomic E-state index is 11.3. The van der Waals surface area contributed by atoms with Crippen LogP contribution in [0.2, 0.25) is 0 Å². The Hall–Kier alpha value is -2.30. The maximum Gasteiger partial charge on any atom is 0.325 e. The van der Waals surface area contributed by atoms with Crippen molar-refractivity contribution < 1.29 is 9.53 Å². The van der Waals surface area contributed by atoms with Crippen LogP contribution in [0.25, 0.3) is 10.8 Å². The van der Waals surface area contributed by atoms with E-state index < -0.39 is 0 Å². The first-order chi connectivity index (χ1) is 9.15. The summed E-state index contributed by atoms with van der Waals surface area (Å²) in [5, 5.41) is 5.19. The van der Waals surface area contributed by atoms with E-state index in [1.54, 1.807) is 11.1 Å². The van der Waals surface area contributed by atoms with Gasteiger partial charge in [0.1, 0.15) is 12.4 Å². The lowest BCUT2D eigenvalue weighted by Gasteiger charge is -2.18. The summed E-state index contributed by atoms with van der Waals surface area (Å²) in [5.41, 5.74) is 1.04. The zero-order valence-electron chi connectivity index (χ0n) is 11.3. The van der Waals surface area contributed by atoms with Gasteiger partial charge in [0.2, 0.25) is 0 Å². The monoisotopic (exact) mass is 259 g/mol. The fourth-order valence-electron chi connectivity index (χ4n) is 1.95. The van der Waals surface area contributed by atoms with Crippen LogP contribution in [-0.4, -0.2) is 38.7 Å². The van der Waals surface area contributed by atoms with E-state index in [4.69, 9.17) is 0 Å². The minimum Gasteiger partial charge on any atom is -0.468 e. The average molecular weight is 259 g/mol. The van der Waals surface area contributed by atoms with Gasteiger partial charge in [0.15, 0.2) is 0 Å². The number of esters is 1. The molecule has 2 aromatic rings. The molecule has 0 aliphatic carbocycles. The predicted molar refractivity (Wildman–Crippen MR) is 76.6 cm³/mol. The molecule has 0 saturated carbocycles. The second-order valence-corrected chi connectivity index (χ2v) is 4.25. The lowest BCUT2D eigenvalue weighted by atomic mass is 10.1. The summed E-state index contributed by atoms with van der Waals surface area (Å²) in [6.07, 6.45) is 1.74. The number of hydrogen-bond donors (Lipinski definition) is 1. The second-order valence-electron chi connectivity index (χ2n) is 4.25. The highest BCUT2D eigenvalue weighted by Gasteiger charge is 2.11. The van der Waals surface area contributed by atoms with Gasteiger partial charge in [0.25, 0.3) is 0 Å². The fourth-order valence-corrected chi connectivity index (χ4v) is 1.95. The minimum absolute atomic E-state index is 0.177. The molecule has 0 unspecified atom stereocenters. The lowest BCUT2D eigenvalue weighted by Crippen LogP contribution is -2.27. The highest BCUT2D eigenvalue weighted by molar-refractivity contribution is 5.95. The van der Waals surface area contributed by atoms with Gasteiger partial charge < -0.3 is 15.0 Å². The van der Waals surface area contributed by atoms with Crippen molar-refractivity contribution in [3.05, 3.63) is 30.5 Å². The summed E-state index contributed by atoms with van der Waals surface area (Å²) in [5.74, 6) is 0.485. The second kappa shape index (κ2) is 5.56. The van der Waals surface area contributed by atoms with Crippen LogP contribution in [0.1, 0.15) is 0 Å². The fraction of sp³-hybridized carbons (Fsp3) is 0.286. The summed E-state index contributed by atoms with van der Waals surface area (Å²) < 4.78 is 4.67. The number of pyridine rings is 1. The molecule has 100 valence electrons. The van der Waals surface area contributed by atoms with Gasteiger partial charge in [-0.25, -0.2) is 4.98 Å². The Kier molecular flexibility index (Phi) is 3.85. The van der Waals surface area contributed by atoms with E-state index >= 15 is 0 Å². The first-order valence-electron chi connectivity index (χ1n) is 6.00. The van der Waals surface area contributed by atoms with E-state index in [-0.39, 0.29) is 12.5 Å². The molecule has 0 atom stereocenters. The molecule has 1 aromatic heterocycles. The van der Waals surface area contributed by atoms with E-state index in [0.717, 1.165) is 22.3 Å². The van der Waals surface area contributed by atoms with Crippen molar-refractivity contribution >= 4 is 28.2 Å². The number of nitrogens with zero attached hydrogens (tertiary/aromatic N) is 2. The third-order valence-corrected chi connectivity index (χ3v) is 2.99. The topological polar surface area (TPSA) is 54.5 Å². The molecule has 1 aromatic carbocycles. The number of anilines is 2. The molecule has 0 bridgehead atoms. The van der Waals surface area contributed by atoms with Gasteiger partial charge in [0.05, 0.1) is 7.11 Å². The summed E-state index contributed by atoms with van der Waals surface area (Å²) in [6.45, 7) is 0.177. The van der Waals surface area contributed by atoms with Crippen molar-refractivity contribution in [1.82, 2.24) is 4.98 Å². The van der Waals surface area contributed by atoms with Crippen molar-refractivity contribution in [1.29, 1.82) is 0 Å². The Balaban J connectivity index is 2.40. The molecule has 1 N–H and O–H groups in total. The van der Waals surface area contributed by atoms with Gasteiger partial charge in [-0.3, -0.25) is 4.79 Å². The van der Waals surface area contributed by atoms with Crippen LogP contribution in [0.15, 0.2) is 30.5 Å². The van der Waals surface area contributed by atoms with Crippen molar-refractivity contribution in [2.24, 2.45) is 0 Å². The first-order valence-corrected chi connectivity index (χ1v) is 6.00. The molecule has 19 heavy (non-hydrogen) atoms. The molecule has 5 nitrogen and oxygen atoms in total. The first kappa shape index (κ1) is 13.1. The molecule has 0 spiro atoms. The lowest BCUT2D eigenvalue weighted by molar-refractivity contribution is -0.138. The molecule has 0 aliphatic heterocycles. The highest BCUT2D eigenvalue weighted by Crippen LogP contribution is 2.26. The van der Waals surface area contributed by atoms with Gasteiger partial charge in [-0.05, 0) is 29.7 Å². The molecule has 1 heterocycles. The Bertz CT molecular complexity index is 598. The van der Waals surface area contributed by atoms with E-state index in [1.165, 1.54) is 7.11 Å². The smallest absolute Gasteiger partial charge is 0.325 e. The van der Waals surface area contributed by atoms with Gasteiger partial charge in [-0.15, -0.1) is 0 Å². The number of rotatable bonds is 4. The summed E-state index contributed by atoms with van der Waals surface area (Å²) in [6, 6.07) is 7.98. The molecule has 0 fully saturated rings. The Morgan fingerprint density at radius 1 is 1.42 bits per heavy atom. The van der Waals surface area contributed by atoms with Crippen molar-refractivity contribution in [2.45, 2.75) is 0 Å². The van der Waals surface area contributed by atoms with Crippen LogP contribution in [0.3, 0.4) is 0 Å². The SMILES string of the molecule is CNc1ccc2c(N(C)CC(=O)OC)nccc2c1. The minimum atomic E-state index is -0.284. The van der Waals surface area contributed by atoms with Crippen LogP contribution in [0, 0.1) is 0 Å². The zero-order valence-corrected chi connectivity index (χ0v) is 11.3. The van der Waals surface area contributed by atoms with Crippen LogP contribution in [-0.2, 0) is 9.53 Å². The van der Waals surface area contributed by atoms with Gasteiger partial charge in [-0.1, -0.05) is 0 Å². The summed E-state index contributed by atoms with van der Waals surface area (Å²) >= 11 is 0. The van der Waals surface area contributed by atoms with Crippen LogP contribution in [0.5, 0.6) is 0 Å². The van der Waals surface area contributed by atoms with E-state index in [2.05, 4.69) is 15.0 Å². The zero-order chi connectivity index (χ0) is 13.8. The number of ether oxygens (including phenoxy) is 1. The third-order valence-electron chi connectivity index (χ3n) is 2.99. The molecule has 0 amide bonds. The number of carbonyl (C=O) groups excluding carboxylic acids is 1. The number of likely N-dealkylation sites (N-methyl/N-ethyl adjacent to an activating group) is 1. The normalized spacial score (nSPS) is 10.3. The average Bonchev–Trinajstić information content (AvgIpc) is 2.45. The number of nitrogens with one attached hydrogen (secondary N) is 1. The molecule has 0 aliphatic rings. The molecule has 2 rings (SSSR count). The van der Waals surface area contributed by atoms with Crippen LogP contribution >= 0.6 is 0 Å². The van der Waals surface area contributed by atoms with Crippen molar-refractivity contribution in [3.63, 3.8) is 0 Å². The molecular weight excluding hydrogens is 242 g/mol. The molecule has 0 radical (unpaired) electrons. The van der Waals surface area contributed by atoms with Gasteiger partial charge in [-0.2, -0.15) is 0 Å². The van der Waals surface area contributed by atoms with Crippen molar-refractivity contribution in [3.8, 4) is 0 Å². The molecule has 5 heteroatoms. The van der Waals surface area contributed by atoms with E-state index in [1.807, 2.05) is 38.4 Å². The Morgan fingerprint density at radius 2 is 2.21 bits per heavy atom. The largest absolute Gasteiger partial charge is 0.468 e. The number of benzene rings is 1. The Morgan fingerprint density at radius 3 is 2.89 bits per heavy atom. The van der Waals surface area contributed by atoms with Gasteiger partial charge >= 0.3 is 5.97 Å².